The molecule has 0 unspecified atom stereocenters. The van der Waals surface area contributed by atoms with Gasteiger partial charge in [-0.3, -0.25) is 14.0 Å². The van der Waals surface area contributed by atoms with Gasteiger partial charge in [0.25, 0.3) is 0 Å². The van der Waals surface area contributed by atoms with Gasteiger partial charge in [0.05, 0.1) is 22.9 Å². The number of thioether (sulfide) groups is 1. The van der Waals surface area contributed by atoms with Crippen LogP contribution in [0.15, 0.2) is 43.0 Å². The van der Waals surface area contributed by atoms with Crippen molar-refractivity contribution < 1.29 is 9.18 Å². The molecule has 0 fully saturated rings. The second kappa shape index (κ2) is 5.79. The van der Waals surface area contributed by atoms with Gasteiger partial charge in [0.2, 0.25) is 5.91 Å². The van der Waals surface area contributed by atoms with E-state index in [0.717, 1.165) is 16.9 Å². The molecule has 2 aromatic heterocycles. The summed E-state index contributed by atoms with van der Waals surface area (Å²) in [5.41, 5.74) is 2.63. The number of carbonyl (C=O) groups is 1. The minimum Gasteiger partial charge on any atom is -0.308 e. The van der Waals surface area contributed by atoms with Crippen LogP contribution in [0.4, 0.5) is 10.2 Å². The quantitative estimate of drug-likeness (QED) is 0.776. The average Bonchev–Trinajstić information content (AvgIpc) is 3.12. The van der Waals surface area contributed by atoms with E-state index in [1.807, 2.05) is 17.8 Å². The third-order valence-corrected chi connectivity index (χ3v) is 5.08. The second-order valence-corrected chi connectivity index (χ2v) is 6.60. The van der Waals surface area contributed by atoms with Crippen LogP contribution in [0.3, 0.4) is 0 Å². The molecular formula is C16H14FN5OS. The van der Waals surface area contributed by atoms with Gasteiger partial charge in [-0.2, -0.15) is 5.10 Å². The molecule has 1 aliphatic rings. The van der Waals surface area contributed by atoms with Crippen molar-refractivity contribution >= 4 is 23.5 Å². The van der Waals surface area contributed by atoms with Crippen molar-refractivity contribution in [2.24, 2.45) is 7.05 Å². The molecule has 1 atom stereocenters. The first-order chi connectivity index (χ1) is 11.6. The number of nitrogens with zero attached hydrogens (tertiary/aromatic N) is 4. The normalized spacial score (nSPS) is 17.2. The van der Waals surface area contributed by atoms with E-state index >= 15 is 0 Å². The molecule has 1 aliphatic heterocycles. The molecule has 24 heavy (non-hydrogen) atoms. The molecule has 1 amide bonds. The van der Waals surface area contributed by atoms with Crippen LogP contribution in [0.25, 0.3) is 5.69 Å². The Bertz CT molecular complexity index is 902. The Morgan fingerprint density at radius 2 is 2.12 bits per heavy atom. The van der Waals surface area contributed by atoms with Gasteiger partial charge in [0.15, 0.2) is 5.82 Å². The Morgan fingerprint density at radius 1 is 1.33 bits per heavy atom. The number of imidazole rings is 1. The molecule has 0 bridgehead atoms. The summed E-state index contributed by atoms with van der Waals surface area (Å²) in [4.78, 5) is 16.3. The average molecular weight is 343 g/mol. The van der Waals surface area contributed by atoms with Crippen LogP contribution in [0.1, 0.15) is 16.5 Å². The Labute approximate surface area is 141 Å². The number of halogens is 1. The molecule has 3 aromatic rings. The summed E-state index contributed by atoms with van der Waals surface area (Å²) >= 11 is 1.52. The monoisotopic (exact) mass is 343 g/mol. The lowest BCUT2D eigenvalue weighted by molar-refractivity contribution is -0.113. The Morgan fingerprint density at radius 3 is 2.83 bits per heavy atom. The van der Waals surface area contributed by atoms with Crippen molar-refractivity contribution in [3.05, 3.63) is 60.1 Å². The highest BCUT2D eigenvalue weighted by molar-refractivity contribution is 8.00. The fourth-order valence-electron chi connectivity index (χ4n) is 2.75. The lowest BCUT2D eigenvalue weighted by Crippen LogP contribution is -2.12. The SMILES string of the molecule is Cn1cc([C@H]2SCC(=O)Nc3ncn(-c4ccc(F)cc4)c32)cn1. The molecule has 6 nitrogen and oxygen atoms in total. The van der Waals surface area contributed by atoms with Crippen molar-refractivity contribution in [3.8, 4) is 5.69 Å². The first-order valence-electron chi connectivity index (χ1n) is 7.35. The second-order valence-electron chi connectivity index (χ2n) is 5.51. The highest BCUT2D eigenvalue weighted by atomic mass is 32.2. The van der Waals surface area contributed by atoms with Gasteiger partial charge in [0, 0.05) is 24.5 Å². The topological polar surface area (TPSA) is 64.7 Å². The molecule has 8 heteroatoms. The van der Waals surface area contributed by atoms with E-state index in [-0.39, 0.29) is 17.0 Å². The number of benzene rings is 1. The van der Waals surface area contributed by atoms with Gasteiger partial charge < -0.3 is 5.32 Å². The third kappa shape index (κ3) is 2.58. The molecule has 0 saturated carbocycles. The predicted molar refractivity (Wildman–Crippen MR) is 89.7 cm³/mol. The third-order valence-electron chi connectivity index (χ3n) is 3.82. The van der Waals surface area contributed by atoms with Gasteiger partial charge in [-0.15, -0.1) is 11.8 Å². The van der Waals surface area contributed by atoms with E-state index in [1.54, 1.807) is 29.3 Å². The van der Waals surface area contributed by atoms with E-state index in [1.165, 1.54) is 23.9 Å². The number of rotatable bonds is 2. The Hall–Kier alpha value is -2.61. The highest BCUT2D eigenvalue weighted by Crippen LogP contribution is 2.41. The minimum atomic E-state index is -0.295. The number of hydrogen-bond acceptors (Lipinski definition) is 4. The van der Waals surface area contributed by atoms with E-state index < -0.39 is 0 Å². The van der Waals surface area contributed by atoms with Gasteiger partial charge >= 0.3 is 0 Å². The summed E-state index contributed by atoms with van der Waals surface area (Å²) in [7, 11) is 1.85. The molecule has 0 radical (unpaired) electrons. The number of amides is 1. The predicted octanol–water partition coefficient (Wildman–Crippen LogP) is 2.52. The largest absolute Gasteiger partial charge is 0.308 e. The van der Waals surface area contributed by atoms with E-state index in [4.69, 9.17) is 0 Å². The standard InChI is InChI=1S/C16H14FN5OS/c1-21-7-10(6-19-21)15-14-16(20-13(23)8-24-15)18-9-22(14)12-4-2-11(17)3-5-12/h2-7,9,15H,8H2,1H3,(H,20,23)/t15-/m1/s1. The lowest BCUT2D eigenvalue weighted by atomic mass is 10.1. The molecule has 4 rings (SSSR count). The molecular weight excluding hydrogens is 329 g/mol. The number of aryl methyl sites for hydroxylation is 1. The summed E-state index contributed by atoms with van der Waals surface area (Å²) in [6.07, 6.45) is 5.37. The van der Waals surface area contributed by atoms with Crippen LogP contribution >= 0.6 is 11.8 Å². The van der Waals surface area contributed by atoms with Crippen LogP contribution in [0.2, 0.25) is 0 Å². The van der Waals surface area contributed by atoms with Crippen LogP contribution in [-0.4, -0.2) is 31.0 Å². The zero-order chi connectivity index (χ0) is 16.7. The number of nitrogens with one attached hydrogen (secondary N) is 1. The first kappa shape index (κ1) is 14.9. The van der Waals surface area contributed by atoms with E-state index in [2.05, 4.69) is 15.4 Å². The van der Waals surface area contributed by atoms with Crippen LogP contribution in [0.5, 0.6) is 0 Å². The molecule has 0 saturated heterocycles. The van der Waals surface area contributed by atoms with E-state index in [9.17, 15) is 9.18 Å². The van der Waals surface area contributed by atoms with Crippen molar-refractivity contribution in [3.63, 3.8) is 0 Å². The number of fused-ring (bicyclic) bond motifs is 1. The van der Waals surface area contributed by atoms with E-state index in [0.29, 0.717) is 11.6 Å². The van der Waals surface area contributed by atoms with Gasteiger partial charge in [0.1, 0.15) is 12.1 Å². The number of anilines is 1. The fourth-order valence-corrected chi connectivity index (χ4v) is 3.84. The molecule has 3 heterocycles. The van der Waals surface area contributed by atoms with Gasteiger partial charge in [-0.25, -0.2) is 9.37 Å². The van der Waals surface area contributed by atoms with Crippen molar-refractivity contribution in [2.75, 3.05) is 11.1 Å². The first-order valence-corrected chi connectivity index (χ1v) is 8.40. The van der Waals surface area contributed by atoms with Gasteiger partial charge in [-0.05, 0) is 24.3 Å². The maximum absolute atomic E-state index is 13.2. The zero-order valence-electron chi connectivity index (χ0n) is 12.8. The van der Waals surface area contributed by atoms with Crippen LogP contribution in [-0.2, 0) is 11.8 Å². The van der Waals surface area contributed by atoms with Crippen molar-refractivity contribution in [1.29, 1.82) is 0 Å². The summed E-state index contributed by atoms with van der Waals surface area (Å²) in [5.74, 6) is 0.482. The highest BCUT2D eigenvalue weighted by Gasteiger charge is 2.29. The molecule has 0 aliphatic carbocycles. The lowest BCUT2D eigenvalue weighted by Gasteiger charge is -2.16. The van der Waals surface area contributed by atoms with Crippen molar-refractivity contribution in [1.82, 2.24) is 19.3 Å². The number of hydrogen-bond donors (Lipinski definition) is 1. The minimum absolute atomic E-state index is 0.0861. The number of aromatic nitrogens is 4. The molecule has 0 spiro atoms. The van der Waals surface area contributed by atoms with Gasteiger partial charge in [-0.1, -0.05) is 0 Å². The Kier molecular flexibility index (Phi) is 3.61. The summed E-state index contributed by atoms with van der Waals surface area (Å²) < 4.78 is 16.8. The van der Waals surface area contributed by atoms with Crippen LogP contribution in [0, 0.1) is 5.82 Å². The molecule has 1 aromatic carbocycles. The fraction of sp³-hybridized carbons (Fsp3) is 0.188. The maximum Gasteiger partial charge on any atom is 0.235 e. The maximum atomic E-state index is 13.2. The number of carbonyl (C=O) groups excluding carboxylic acids is 1. The van der Waals surface area contributed by atoms with Crippen LogP contribution < -0.4 is 5.32 Å². The zero-order valence-corrected chi connectivity index (χ0v) is 13.6. The van der Waals surface area contributed by atoms with Crippen molar-refractivity contribution in [2.45, 2.75) is 5.25 Å². The molecule has 122 valence electrons. The summed E-state index contributed by atoms with van der Waals surface area (Å²) in [5, 5.41) is 6.97. The summed E-state index contributed by atoms with van der Waals surface area (Å²) in [6, 6.07) is 6.19. The Balaban J connectivity index is 1.87. The summed E-state index contributed by atoms with van der Waals surface area (Å²) in [6.45, 7) is 0. The molecule has 1 N–H and O–H groups in total. The smallest absolute Gasteiger partial charge is 0.235 e.